The van der Waals surface area contributed by atoms with Crippen LogP contribution in [0.15, 0.2) is 48.5 Å². The number of amides is 1. The number of likely N-dealkylation sites (tertiary alicyclic amines) is 1. The molecule has 0 radical (unpaired) electrons. The molecule has 2 atom stereocenters. The molecule has 0 unspecified atom stereocenters. The highest BCUT2D eigenvalue weighted by atomic mass is 16.2. The van der Waals surface area contributed by atoms with Crippen molar-refractivity contribution in [2.24, 2.45) is 18.7 Å². The molecule has 160 valence electrons. The summed E-state index contributed by atoms with van der Waals surface area (Å²) in [5.41, 5.74) is 11.0. The van der Waals surface area contributed by atoms with Crippen molar-refractivity contribution in [3.63, 3.8) is 0 Å². The molecular formula is C25H29N5O. The fourth-order valence-corrected chi connectivity index (χ4v) is 5.05. The van der Waals surface area contributed by atoms with Crippen LogP contribution in [-0.2, 0) is 13.6 Å². The maximum Gasteiger partial charge on any atom is 0.253 e. The smallest absolute Gasteiger partial charge is 0.253 e. The van der Waals surface area contributed by atoms with Gasteiger partial charge >= 0.3 is 0 Å². The lowest BCUT2D eigenvalue weighted by molar-refractivity contribution is 0.0661. The Morgan fingerprint density at radius 1 is 1.13 bits per heavy atom. The summed E-state index contributed by atoms with van der Waals surface area (Å²) in [6.07, 6.45) is 0.970. The van der Waals surface area contributed by atoms with Crippen LogP contribution in [0, 0.1) is 5.92 Å². The number of hydrogen-bond acceptors (Lipinski definition) is 3. The first-order valence-corrected chi connectivity index (χ1v) is 11.1. The fourth-order valence-electron chi connectivity index (χ4n) is 5.05. The minimum atomic E-state index is 0.0405. The Hall–Kier alpha value is -3.12. The summed E-state index contributed by atoms with van der Waals surface area (Å²) in [7, 11) is 2.04. The monoisotopic (exact) mass is 415 g/mol. The van der Waals surface area contributed by atoms with E-state index in [-0.39, 0.29) is 11.9 Å². The number of carbonyl (C=O) groups excluding carboxylic acids is 1. The summed E-state index contributed by atoms with van der Waals surface area (Å²) >= 11 is 0. The van der Waals surface area contributed by atoms with Crippen LogP contribution in [0.25, 0.3) is 33.5 Å². The van der Waals surface area contributed by atoms with E-state index in [0.29, 0.717) is 18.0 Å². The van der Waals surface area contributed by atoms with Crippen molar-refractivity contribution in [2.75, 3.05) is 13.1 Å². The number of aromatic nitrogens is 3. The highest BCUT2D eigenvalue weighted by Gasteiger charge is 2.27. The Bertz CT molecular complexity index is 1270. The van der Waals surface area contributed by atoms with Gasteiger partial charge in [-0.2, -0.15) is 0 Å². The molecule has 2 N–H and O–H groups in total. The zero-order chi connectivity index (χ0) is 21.7. The third-order valence-electron chi connectivity index (χ3n) is 6.46. The zero-order valence-corrected chi connectivity index (χ0v) is 18.4. The Morgan fingerprint density at radius 3 is 2.71 bits per heavy atom. The SMILES string of the molecule is CCn1c(-c2nc3cc(C(=O)N4C[C@H](C)C[C@@H](N)C4)ccc3n2C)cc2ccccc21. The number of para-hydroxylation sites is 1. The van der Waals surface area contributed by atoms with Crippen molar-refractivity contribution in [3.05, 3.63) is 54.1 Å². The fraction of sp³-hybridized carbons (Fsp3) is 0.360. The van der Waals surface area contributed by atoms with E-state index in [1.807, 2.05) is 30.1 Å². The molecule has 31 heavy (non-hydrogen) atoms. The van der Waals surface area contributed by atoms with E-state index in [9.17, 15) is 4.79 Å². The lowest BCUT2D eigenvalue weighted by Crippen LogP contribution is -2.48. The lowest BCUT2D eigenvalue weighted by atomic mass is 9.96. The van der Waals surface area contributed by atoms with E-state index in [1.54, 1.807) is 0 Å². The van der Waals surface area contributed by atoms with Gasteiger partial charge in [0.05, 0.1) is 16.7 Å². The molecule has 1 saturated heterocycles. The van der Waals surface area contributed by atoms with Gasteiger partial charge < -0.3 is 19.8 Å². The molecule has 1 amide bonds. The van der Waals surface area contributed by atoms with Crippen molar-refractivity contribution in [1.29, 1.82) is 0 Å². The van der Waals surface area contributed by atoms with Crippen molar-refractivity contribution in [3.8, 4) is 11.5 Å². The molecule has 5 rings (SSSR count). The topological polar surface area (TPSA) is 69.1 Å². The van der Waals surface area contributed by atoms with E-state index in [4.69, 9.17) is 10.7 Å². The second-order valence-corrected chi connectivity index (χ2v) is 8.84. The molecular weight excluding hydrogens is 386 g/mol. The third kappa shape index (κ3) is 3.31. The number of rotatable bonds is 3. The molecule has 0 spiro atoms. The minimum absolute atomic E-state index is 0.0405. The number of benzene rings is 2. The normalized spacial score (nSPS) is 19.4. The van der Waals surface area contributed by atoms with Gasteiger partial charge in [0.2, 0.25) is 0 Å². The molecule has 6 heteroatoms. The van der Waals surface area contributed by atoms with E-state index in [1.165, 1.54) is 10.9 Å². The van der Waals surface area contributed by atoms with Crippen LogP contribution in [-0.4, -0.2) is 44.1 Å². The van der Waals surface area contributed by atoms with E-state index >= 15 is 0 Å². The number of nitrogens with zero attached hydrogens (tertiary/aromatic N) is 4. The molecule has 0 bridgehead atoms. The average molecular weight is 416 g/mol. The van der Waals surface area contributed by atoms with Gasteiger partial charge in [-0.25, -0.2) is 4.98 Å². The lowest BCUT2D eigenvalue weighted by Gasteiger charge is -2.34. The first-order chi connectivity index (χ1) is 15.0. The molecule has 3 heterocycles. The number of nitrogens with two attached hydrogens (primary N) is 1. The number of imidazole rings is 1. The summed E-state index contributed by atoms with van der Waals surface area (Å²) in [6.45, 7) is 6.54. The highest BCUT2D eigenvalue weighted by Crippen LogP contribution is 2.30. The summed E-state index contributed by atoms with van der Waals surface area (Å²) in [5, 5.41) is 1.21. The second kappa shape index (κ2) is 7.54. The Balaban J connectivity index is 1.56. The largest absolute Gasteiger partial charge is 0.338 e. The Labute approximate surface area is 182 Å². The van der Waals surface area contributed by atoms with Gasteiger partial charge in [-0.15, -0.1) is 0 Å². The minimum Gasteiger partial charge on any atom is -0.338 e. The van der Waals surface area contributed by atoms with Crippen LogP contribution in [0.2, 0.25) is 0 Å². The first-order valence-electron chi connectivity index (χ1n) is 11.1. The van der Waals surface area contributed by atoms with Gasteiger partial charge in [-0.05, 0) is 49.6 Å². The highest BCUT2D eigenvalue weighted by molar-refractivity contribution is 5.98. The molecule has 1 aliphatic heterocycles. The standard InChI is InChI=1S/C25H29N5O/c1-4-30-21-8-6-5-7-17(21)13-23(30)24-27-20-12-18(9-10-22(20)28(24)3)25(31)29-14-16(2)11-19(26)15-29/h5-10,12-13,16,19H,4,11,14-15,26H2,1-3H3/t16-,19-/m1/s1. The second-order valence-electron chi connectivity index (χ2n) is 8.84. The zero-order valence-electron chi connectivity index (χ0n) is 18.4. The quantitative estimate of drug-likeness (QED) is 0.549. The Morgan fingerprint density at radius 2 is 1.94 bits per heavy atom. The van der Waals surface area contributed by atoms with Crippen molar-refractivity contribution < 1.29 is 4.79 Å². The Kier molecular flexibility index (Phi) is 4.82. The van der Waals surface area contributed by atoms with E-state index in [0.717, 1.165) is 42.1 Å². The van der Waals surface area contributed by atoms with Gasteiger partial charge in [-0.3, -0.25) is 4.79 Å². The molecule has 4 aromatic rings. The van der Waals surface area contributed by atoms with Crippen LogP contribution in [0.4, 0.5) is 0 Å². The van der Waals surface area contributed by atoms with Crippen LogP contribution < -0.4 is 5.73 Å². The summed E-state index contributed by atoms with van der Waals surface area (Å²) < 4.78 is 4.40. The van der Waals surface area contributed by atoms with Gasteiger partial charge in [0, 0.05) is 49.2 Å². The third-order valence-corrected chi connectivity index (χ3v) is 6.46. The molecule has 1 aliphatic rings. The van der Waals surface area contributed by atoms with Crippen molar-refractivity contribution in [1.82, 2.24) is 19.0 Å². The molecule has 2 aromatic carbocycles. The van der Waals surface area contributed by atoms with E-state index in [2.05, 4.69) is 53.3 Å². The molecule has 6 nitrogen and oxygen atoms in total. The maximum atomic E-state index is 13.1. The summed E-state index contributed by atoms with van der Waals surface area (Å²) in [5.74, 6) is 1.37. The summed E-state index contributed by atoms with van der Waals surface area (Å²) in [6, 6.07) is 16.5. The number of hydrogen-bond donors (Lipinski definition) is 1. The predicted molar refractivity (Wildman–Crippen MR) is 125 cm³/mol. The number of carbonyl (C=O) groups is 1. The van der Waals surface area contributed by atoms with Crippen LogP contribution in [0.5, 0.6) is 0 Å². The molecule has 0 aliphatic carbocycles. The first kappa shape index (κ1) is 19.8. The summed E-state index contributed by atoms with van der Waals surface area (Å²) in [4.78, 5) is 20.0. The molecule has 1 fully saturated rings. The van der Waals surface area contributed by atoms with Gasteiger partial charge in [0.15, 0.2) is 5.82 Å². The predicted octanol–water partition coefficient (Wildman–Crippen LogP) is 4.02. The van der Waals surface area contributed by atoms with Crippen molar-refractivity contribution >= 4 is 27.8 Å². The van der Waals surface area contributed by atoms with E-state index < -0.39 is 0 Å². The number of piperidine rings is 1. The van der Waals surface area contributed by atoms with Crippen LogP contribution in [0.1, 0.15) is 30.6 Å². The number of fused-ring (bicyclic) bond motifs is 2. The molecule has 0 saturated carbocycles. The number of aryl methyl sites for hydroxylation is 2. The molecule has 2 aromatic heterocycles. The van der Waals surface area contributed by atoms with Crippen LogP contribution in [0.3, 0.4) is 0 Å². The maximum absolute atomic E-state index is 13.1. The van der Waals surface area contributed by atoms with Crippen molar-refractivity contribution in [2.45, 2.75) is 32.9 Å². The van der Waals surface area contributed by atoms with Gasteiger partial charge in [0.1, 0.15) is 0 Å². The average Bonchev–Trinajstić information content (AvgIpc) is 3.29. The van der Waals surface area contributed by atoms with Gasteiger partial charge in [0.25, 0.3) is 5.91 Å². The van der Waals surface area contributed by atoms with Gasteiger partial charge in [-0.1, -0.05) is 25.1 Å². The van der Waals surface area contributed by atoms with Crippen LogP contribution >= 0.6 is 0 Å².